The molecule has 4 atom stereocenters. The van der Waals surface area contributed by atoms with Gasteiger partial charge in [0.05, 0.1) is 6.33 Å². The van der Waals surface area contributed by atoms with Gasteiger partial charge >= 0.3 is 0 Å². The number of aromatic amines is 1. The van der Waals surface area contributed by atoms with E-state index in [-0.39, 0.29) is 40.3 Å². The first kappa shape index (κ1) is 49.0. The normalized spacial score (nSPS) is 16.2. The number of carbonyl (C=O) groups is 4. The third-order valence-electron chi connectivity index (χ3n) is 12.7. The lowest BCUT2D eigenvalue weighted by Crippen LogP contribution is -2.49. The van der Waals surface area contributed by atoms with Crippen LogP contribution in [0.15, 0.2) is 133 Å². The van der Waals surface area contributed by atoms with Crippen LogP contribution in [-0.4, -0.2) is 60.1 Å². The van der Waals surface area contributed by atoms with Crippen molar-refractivity contribution in [1.82, 2.24) is 35.6 Å². The first-order chi connectivity index (χ1) is 33.2. The van der Waals surface area contributed by atoms with Gasteiger partial charge in [0, 0.05) is 76.5 Å². The standard InChI is InChI=1S/C56H63N9O5/c1-54(2,3)39-18-22-42(23-19-39)64(48(38-15-12-28-58-32-38)50(67)63-56(7,8)9)52(68)36-17-26-44-46(30-36)70-51(62-44)35-13-10-16-41(29-35)61-49(66)47(37-14-11-27-57-31-37)65(53(69)45-33-59-34-60-45)43-24-20-40(21-25-43)55(4,5)6/h11-12,14-15,17-28,30-35,41,47-48H,10,13,16,29H2,1-9H3,(H,59,60)(H,61,66)(H,63,67). The number of anilines is 2. The molecular formula is C56H63N9O5. The lowest BCUT2D eigenvalue weighted by atomic mass is 9.85. The monoisotopic (exact) mass is 941 g/mol. The Morgan fingerprint density at radius 3 is 1.79 bits per heavy atom. The van der Waals surface area contributed by atoms with Crippen molar-refractivity contribution in [3.05, 3.63) is 168 Å². The number of benzene rings is 3. The molecule has 4 unspecified atom stereocenters. The van der Waals surface area contributed by atoms with Crippen molar-refractivity contribution in [3.63, 3.8) is 0 Å². The molecule has 70 heavy (non-hydrogen) atoms. The fraction of sp³-hybridized carbons (Fsp3) is 0.357. The zero-order valence-electron chi connectivity index (χ0n) is 41.5. The number of fused-ring (bicyclic) bond motifs is 1. The number of carbonyl (C=O) groups excluding carboxylic acids is 4. The van der Waals surface area contributed by atoms with Gasteiger partial charge in [-0.15, -0.1) is 0 Å². The minimum Gasteiger partial charge on any atom is -0.440 e. The molecule has 0 spiro atoms. The minimum absolute atomic E-state index is 0.127. The molecule has 362 valence electrons. The van der Waals surface area contributed by atoms with Crippen LogP contribution in [0.1, 0.15) is 155 Å². The highest BCUT2D eigenvalue weighted by Gasteiger charge is 2.38. The van der Waals surface area contributed by atoms with Crippen LogP contribution in [-0.2, 0) is 20.4 Å². The lowest BCUT2D eigenvalue weighted by Gasteiger charge is -2.34. The second-order valence-electron chi connectivity index (χ2n) is 21.3. The summed E-state index contributed by atoms with van der Waals surface area (Å²) in [6.45, 7) is 18.4. The topological polar surface area (TPSA) is 179 Å². The van der Waals surface area contributed by atoms with Gasteiger partial charge in [0.2, 0.25) is 11.8 Å². The number of nitrogens with one attached hydrogen (secondary N) is 3. The lowest BCUT2D eigenvalue weighted by molar-refractivity contribution is -0.124. The number of amides is 4. The van der Waals surface area contributed by atoms with Crippen LogP contribution in [0.3, 0.4) is 0 Å². The van der Waals surface area contributed by atoms with E-state index in [1.807, 2.05) is 69.3 Å². The van der Waals surface area contributed by atoms with E-state index >= 15 is 4.79 Å². The molecule has 0 bridgehead atoms. The Hall–Kier alpha value is -7.48. The van der Waals surface area contributed by atoms with Crippen LogP contribution in [0.2, 0.25) is 0 Å². The van der Waals surface area contributed by atoms with E-state index in [1.54, 1.807) is 67.3 Å². The van der Waals surface area contributed by atoms with Gasteiger partial charge < -0.3 is 20.0 Å². The second-order valence-corrected chi connectivity index (χ2v) is 21.3. The molecule has 3 aromatic carbocycles. The summed E-state index contributed by atoms with van der Waals surface area (Å²) in [7, 11) is 0. The van der Waals surface area contributed by atoms with Crippen LogP contribution < -0.4 is 20.4 Å². The van der Waals surface area contributed by atoms with E-state index in [0.29, 0.717) is 57.9 Å². The van der Waals surface area contributed by atoms with Crippen molar-refractivity contribution in [1.29, 1.82) is 0 Å². The van der Waals surface area contributed by atoms with Crippen molar-refractivity contribution < 1.29 is 23.6 Å². The summed E-state index contributed by atoms with van der Waals surface area (Å²) in [5, 5.41) is 6.40. The first-order valence-corrected chi connectivity index (χ1v) is 23.9. The quantitative estimate of drug-likeness (QED) is 0.107. The fourth-order valence-electron chi connectivity index (χ4n) is 9.08. The molecule has 0 saturated heterocycles. The van der Waals surface area contributed by atoms with E-state index in [4.69, 9.17) is 9.40 Å². The third-order valence-corrected chi connectivity index (χ3v) is 12.7. The smallest absolute Gasteiger partial charge is 0.279 e. The number of oxazole rings is 1. The average molecular weight is 942 g/mol. The van der Waals surface area contributed by atoms with Crippen LogP contribution in [0, 0.1) is 0 Å². The highest BCUT2D eigenvalue weighted by atomic mass is 16.3. The molecule has 4 aromatic heterocycles. The molecule has 14 heteroatoms. The molecule has 0 radical (unpaired) electrons. The third kappa shape index (κ3) is 11.0. The predicted octanol–water partition coefficient (Wildman–Crippen LogP) is 10.5. The number of hydrogen-bond donors (Lipinski definition) is 3. The van der Waals surface area contributed by atoms with Gasteiger partial charge in [-0.3, -0.25) is 38.9 Å². The van der Waals surface area contributed by atoms with Crippen molar-refractivity contribution >= 4 is 46.1 Å². The molecule has 4 heterocycles. The summed E-state index contributed by atoms with van der Waals surface area (Å²) in [5.74, 6) is -1.21. The summed E-state index contributed by atoms with van der Waals surface area (Å²) in [5.41, 5.74) is 4.98. The summed E-state index contributed by atoms with van der Waals surface area (Å²) >= 11 is 0. The number of imidazole rings is 1. The van der Waals surface area contributed by atoms with E-state index < -0.39 is 29.4 Å². The molecule has 7 aromatic rings. The van der Waals surface area contributed by atoms with Gasteiger partial charge in [-0.25, -0.2) is 9.97 Å². The van der Waals surface area contributed by atoms with Crippen molar-refractivity contribution in [2.45, 2.75) is 128 Å². The Labute approximate surface area is 409 Å². The number of rotatable bonds is 12. The zero-order valence-corrected chi connectivity index (χ0v) is 41.5. The Morgan fingerprint density at radius 1 is 0.700 bits per heavy atom. The van der Waals surface area contributed by atoms with Gasteiger partial charge in [-0.1, -0.05) is 84.4 Å². The maximum atomic E-state index is 15.1. The van der Waals surface area contributed by atoms with E-state index in [9.17, 15) is 14.4 Å². The van der Waals surface area contributed by atoms with Crippen molar-refractivity contribution in [3.8, 4) is 0 Å². The summed E-state index contributed by atoms with van der Waals surface area (Å²) in [4.78, 5) is 82.4. The fourth-order valence-corrected chi connectivity index (χ4v) is 9.08. The van der Waals surface area contributed by atoms with Crippen LogP contribution in [0.25, 0.3) is 11.1 Å². The molecule has 1 saturated carbocycles. The first-order valence-electron chi connectivity index (χ1n) is 23.9. The highest BCUT2D eigenvalue weighted by Crippen LogP contribution is 2.38. The van der Waals surface area contributed by atoms with E-state index in [1.165, 1.54) is 22.3 Å². The molecule has 14 nitrogen and oxygen atoms in total. The Balaban J connectivity index is 1.08. The molecule has 4 amide bonds. The number of nitrogens with zero attached hydrogens (tertiary/aromatic N) is 6. The summed E-state index contributed by atoms with van der Waals surface area (Å²) < 4.78 is 6.51. The number of aromatic nitrogens is 5. The van der Waals surface area contributed by atoms with E-state index in [2.05, 4.69) is 72.1 Å². The van der Waals surface area contributed by atoms with Crippen molar-refractivity contribution in [2.24, 2.45) is 0 Å². The number of H-pyrrole nitrogens is 1. The van der Waals surface area contributed by atoms with Crippen LogP contribution in [0.5, 0.6) is 0 Å². The van der Waals surface area contributed by atoms with Gasteiger partial charge in [-0.2, -0.15) is 0 Å². The van der Waals surface area contributed by atoms with Crippen LogP contribution in [0.4, 0.5) is 11.4 Å². The molecular weight excluding hydrogens is 879 g/mol. The van der Waals surface area contributed by atoms with E-state index in [0.717, 1.165) is 24.0 Å². The summed E-state index contributed by atoms with van der Waals surface area (Å²) in [6, 6.07) is 25.3. The van der Waals surface area contributed by atoms with Gasteiger partial charge in [0.15, 0.2) is 11.5 Å². The molecule has 1 aliphatic carbocycles. The summed E-state index contributed by atoms with van der Waals surface area (Å²) in [6.07, 6.45) is 12.3. The van der Waals surface area contributed by atoms with Gasteiger partial charge in [0.25, 0.3) is 11.8 Å². The zero-order chi connectivity index (χ0) is 50.0. The van der Waals surface area contributed by atoms with Gasteiger partial charge in [-0.05, 0) is 117 Å². The van der Waals surface area contributed by atoms with Crippen molar-refractivity contribution in [2.75, 3.05) is 9.80 Å². The Bertz CT molecular complexity index is 2930. The molecule has 8 rings (SSSR count). The number of pyridine rings is 2. The SMILES string of the molecule is CC(C)(C)NC(=O)C(c1cccnc1)N(C(=O)c1ccc2nc(C3CCCC(NC(=O)C(c4cccnc4)N(C(=O)c4c[nH]cn4)c4ccc(C(C)(C)C)cc4)C3)oc2c1)c1ccc(C(C)(C)C)cc1. The van der Waals surface area contributed by atoms with Crippen LogP contribution >= 0.6 is 0 Å². The largest absolute Gasteiger partial charge is 0.440 e. The predicted molar refractivity (Wildman–Crippen MR) is 271 cm³/mol. The molecule has 3 N–H and O–H groups in total. The Kier molecular flexibility index (Phi) is 13.9. The maximum Gasteiger partial charge on any atom is 0.279 e. The second kappa shape index (κ2) is 19.9. The number of hydrogen-bond acceptors (Lipinski definition) is 9. The highest BCUT2D eigenvalue weighted by molar-refractivity contribution is 6.11. The minimum atomic E-state index is -1.08. The molecule has 1 fully saturated rings. The average Bonchev–Trinajstić information content (AvgIpc) is 4.03. The Morgan fingerprint density at radius 2 is 1.27 bits per heavy atom. The molecule has 1 aliphatic rings. The van der Waals surface area contributed by atoms with Gasteiger partial charge in [0.1, 0.15) is 23.3 Å². The maximum absolute atomic E-state index is 15.1. The molecule has 0 aliphatic heterocycles.